The fourth-order valence-electron chi connectivity index (χ4n) is 3.00. The molecule has 4 heteroatoms. The number of para-hydroxylation sites is 2. The average molecular weight is 320 g/mol. The predicted molar refractivity (Wildman–Crippen MR) is 103 cm³/mol. The molecule has 0 atom stereocenters. The van der Waals surface area contributed by atoms with Crippen LogP contribution >= 0.6 is 0 Å². The molecule has 2 N–H and O–H groups in total. The largest absolute Gasteiger partial charge is 0.279 e. The second kappa shape index (κ2) is 7.30. The second-order valence-electron chi connectivity index (χ2n) is 7.01. The maximum absolute atomic E-state index is 4.61. The fourth-order valence-corrected chi connectivity index (χ4v) is 3.00. The minimum Gasteiger partial charge on any atom is -0.279 e. The van der Waals surface area contributed by atoms with Crippen molar-refractivity contribution in [3.05, 3.63) is 60.7 Å². The summed E-state index contributed by atoms with van der Waals surface area (Å²) >= 11 is 0. The molecule has 1 aliphatic carbocycles. The second-order valence-corrected chi connectivity index (χ2v) is 7.01. The lowest BCUT2D eigenvalue weighted by atomic mass is 9.75. The van der Waals surface area contributed by atoms with Crippen molar-refractivity contribution in [1.29, 1.82) is 0 Å². The van der Waals surface area contributed by atoms with Gasteiger partial charge in [0.2, 0.25) is 0 Å². The molecule has 1 fully saturated rings. The van der Waals surface area contributed by atoms with Gasteiger partial charge >= 0.3 is 0 Å². The van der Waals surface area contributed by atoms with Gasteiger partial charge in [0.15, 0.2) is 0 Å². The maximum atomic E-state index is 4.61. The Kier molecular flexibility index (Phi) is 4.94. The van der Waals surface area contributed by atoms with E-state index in [0.717, 1.165) is 42.1 Å². The highest BCUT2D eigenvalue weighted by Gasteiger charge is 2.29. The van der Waals surface area contributed by atoms with Gasteiger partial charge in [0.25, 0.3) is 0 Å². The molecule has 1 aliphatic rings. The number of benzene rings is 2. The van der Waals surface area contributed by atoms with E-state index in [0.29, 0.717) is 0 Å². The van der Waals surface area contributed by atoms with Crippen molar-refractivity contribution in [3.8, 4) is 0 Å². The molecule has 0 heterocycles. The van der Waals surface area contributed by atoms with Crippen LogP contribution in [-0.4, -0.2) is 11.4 Å². The summed E-state index contributed by atoms with van der Waals surface area (Å²) in [5.41, 5.74) is 10.8. The first-order valence-electron chi connectivity index (χ1n) is 8.34. The van der Waals surface area contributed by atoms with Gasteiger partial charge in [-0.1, -0.05) is 50.2 Å². The fraction of sp³-hybridized carbons (Fsp3) is 0.300. The number of nitrogens with one attached hydrogen (secondary N) is 2. The Morgan fingerprint density at radius 3 is 1.54 bits per heavy atom. The molecule has 4 nitrogen and oxygen atoms in total. The molecule has 0 spiro atoms. The first-order valence-corrected chi connectivity index (χ1v) is 8.34. The van der Waals surface area contributed by atoms with Crippen molar-refractivity contribution in [3.63, 3.8) is 0 Å². The molecule has 0 aromatic heterocycles. The normalized spacial score (nSPS) is 20.1. The van der Waals surface area contributed by atoms with Gasteiger partial charge in [-0.15, -0.1) is 0 Å². The van der Waals surface area contributed by atoms with Crippen LogP contribution in [0.3, 0.4) is 0 Å². The summed E-state index contributed by atoms with van der Waals surface area (Å²) in [6.45, 7) is 4.53. The van der Waals surface area contributed by atoms with E-state index in [1.807, 2.05) is 60.7 Å². The van der Waals surface area contributed by atoms with Crippen molar-refractivity contribution >= 4 is 22.8 Å². The van der Waals surface area contributed by atoms with Gasteiger partial charge < -0.3 is 0 Å². The molecule has 3 rings (SSSR count). The molecule has 124 valence electrons. The highest BCUT2D eigenvalue weighted by molar-refractivity contribution is 6.07. The van der Waals surface area contributed by atoms with Gasteiger partial charge in [0.05, 0.1) is 11.4 Å². The maximum Gasteiger partial charge on any atom is 0.0561 e. The summed E-state index contributed by atoms with van der Waals surface area (Å²) < 4.78 is 0. The highest BCUT2D eigenvalue weighted by Crippen LogP contribution is 2.32. The number of nitrogens with zero attached hydrogens (tertiary/aromatic N) is 2. The minimum absolute atomic E-state index is 0.173. The smallest absolute Gasteiger partial charge is 0.0561 e. The molecule has 0 saturated heterocycles. The lowest BCUT2D eigenvalue weighted by Crippen LogP contribution is -2.30. The minimum atomic E-state index is 0.173. The summed E-state index contributed by atoms with van der Waals surface area (Å²) in [4.78, 5) is 0. The number of anilines is 2. The van der Waals surface area contributed by atoms with E-state index < -0.39 is 0 Å². The Morgan fingerprint density at radius 1 is 0.708 bits per heavy atom. The molecule has 0 aliphatic heterocycles. The van der Waals surface area contributed by atoms with Crippen LogP contribution in [0.2, 0.25) is 0 Å². The monoisotopic (exact) mass is 320 g/mol. The topological polar surface area (TPSA) is 48.8 Å². The van der Waals surface area contributed by atoms with Gasteiger partial charge in [-0.25, -0.2) is 0 Å². The number of hydrazone groups is 2. The van der Waals surface area contributed by atoms with E-state index in [2.05, 4.69) is 34.9 Å². The van der Waals surface area contributed by atoms with Gasteiger partial charge in [-0.2, -0.15) is 10.2 Å². The zero-order valence-corrected chi connectivity index (χ0v) is 14.3. The SMILES string of the molecule is CC1(C)C/C(=N/Nc2ccccc2)C/C(=N/Nc2ccccc2)C1. The van der Waals surface area contributed by atoms with Crippen LogP contribution in [0.15, 0.2) is 70.9 Å². The van der Waals surface area contributed by atoms with Crippen molar-refractivity contribution in [2.24, 2.45) is 15.6 Å². The summed E-state index contributed by atoms with van der Waals surface area (Å²) in [6, 6.07) is 20.1. The van der Waals surface area contributed by atoms with E-state index in [4.69, 9.17) is 0 Å². The van der Waals surface area contributed by atoms with E-state index in [1.54, 1.807) is 0 Å². The van der Waals surface area contributed by atoms with Crippen molar-refractivity contribution in [2.45, 2.75) is 33.1 Å². The van der Waals surface area contributed by atoms with Crippen LogP contribution in [0.25, 0.3) is 0 Å². The first-order chi connectivity index (χ1) is 11.6. The highest BCUT2D eigenvalue weighted by atomic mass is 15.3. The predicted octanol–water partition coefficient (Wildman–Crippen LogP) is 5.13. The van der Waals surface area contributed by atoms with Crippen LogP contribution in [0.5, 0.6) is 0 Å². The Hall–Kier alpha value is -2.62. The molecule has 0 bridgehead atoms. The average Bonchev–Trinajstić information content (AvgIpc) is 2.59. The van der Waals surface area contributed by atoms with Gasteiger partial charge in [0, 0.05) is 17.8 Å². The van der Waals surface area contributed by atoms with E-state index in [-0.39, 0.29) is 5.41 Å². The Labute approximate surface area is 143 Å². The molecule has 0 unspecified atom stereocenters. The number of hydrogen-bond acceptors (Lipinski definition) is 4. The summed E-state index contributed by atoms with van der Waals surface area (Å²) in [7, 11) is 0. The zero-order chi connectivity index (χ0) is 16.8. The Balaban J connectivity index is 1.70. The lowest BCUT2D eigenvalue weighted by Gasteiger charge is -2.31. The van der Waals surface area contributed by atoms with Crippen LogP contribution in [0, 0.1) is 5.41 Å². The molecular weight excluding hydrogens is 296 g/mol. The third-order valence-corrected chi connectivity index (χ3v) is 4.01. The molecule has 1 saturated carbocycles. The van der Waals surface area contributed by atoms with E-state index in [1.165, 1.54) is 0 Å². The Morgan fingerprint density at radius 2 is 1.12 bits per heavy atom. The molecule has 24 heavy (non-hydrogen) atoms. The number of hydrogen-bond donors (Lipinski definition) is 2. The standard InChI is InChI=1S/C20H24N4/c1-20(2)14-18(23-21-16-9-5-3-6-10-16)13-19(15-20)24-22-17-11-7-4-8-12-17/h3-12,21-22H,13-15H2,1-2H3/b23-18-,24-19+. The third kappa shape index (κ3) is 4.69. The Bertz CT molecular complexity index is 656. The quantitative estimate of drug-likeness (QED) is 0.767. The van der Waals surface area contributed by atoms with Crippen LogP contribution in [0.4, 0.5) is 11.4 Å². The summed E-state index contributed by atoms with van der Waals surface area (Å²) in [5.74, 6) is 0. The van der Waals surface area contributed by atoms with Crippen molar-refractivity contribution in [2.75, 3.05) is 10.9 Å². The van der Waals surface area contributed by atoms with Crippen LogP contribution in [-0.2, 0) is 0 Å². The van der Waals surface area contributed by atoms with Gasteiger partial charge in [0.1, 0.15) is 0 Å². The summed E-state index contributed by atoms with van der Waals surface area (Å²) in [5, 5.41) is 9.22. The first kappa shape index (κ1) is 16.2. The van der Waals surface area contributed by atoms with E-state index in [9.17, 15) is 0 Å². The third-order valence-electron chi connectivity index (χ3n) is 4.01. The van der Waals surface area contributed by atoms with Gasteiger partial charge in [-0.05, 0) is 42.5 Å². The molecule has 0 radical (unpaired) electrons. The van der Waals surface area contributed by atoms with Gasteiger partial charge in [-0.3, -0.25) is 10.9 Å². The number of rotatable bonds is 4. The molecular formula is C20H24N4. The van der Waals surface area contributed by atoms with Crippen LogP contribution < -0.4 is 10.9 Å². The van der Waals surface area contributed by atoms with E-state index >= 15 is 0 Å². The lowest BCUT2D eigenvalue weighted by molar-refractivity contribution is 0.389. The zero-order valence-electron chi connectivity index (χ0n) is 14.3. The molecule has 2 aromatic rings. The van der Waals surface area contributed by atoms with Crippen molar-refractivity contribution < 1.29 is 0 Å². The molecule has 2 aromatic carbocycles. The summed E-state index contributed by atoms with van der Waals surface area (Å²) in [6.07, 6.45) is 2.78. The van der Waals surface area contributed by atoms with Crippen LogP contribution in [0.1, 0.15) is 33.1 Å². The molecule has 0 amide bonds. The van der Waals surface area contributed by atoms with Crippen molar-refractivity contribution in [1.82, 2.24) is 0 Å².